The molecule has 1 aromatic rings. The molecule has 3 nitrogen and oxygen atoms in total. The van der Waals surface area contributed by atoms with Crippen molar-refractivity contribution in [1.82, 2.24) is 0 Å². The molecule has 92 valence electrons. The summed E-state index contributed by atoms with van der Waals surface area (Å²) in [6.45, 7) is 3.55. The van der Waals surface area contributed by atoms with Gasteiger partial charge in [-0.05, 0) is 30.5 Å². The minimum absolute atomic E-state index is 0.313. The van der Waals surface area contributed by atoms with Crippen molar-refractivity contribution < 1.29 is 9.90 Å². The maximum absolute atomic E-state index is 11.1. The highest BCUT2D eigenvalue weighted by molar-refractivity contribution is 9.10. The molecule has 0 amide bonds. The topological polar surface area (TPSA) is 40.5 Å². The van der Waals surface area contributed by atoms with E-state index in [2.05, 4.69) is 27.8 Å². The maximum Gasteiger partial charge on any atom is 0.152 e. The second-order valence-electron chi connectivity index (χ2n) is 4.60. The second-order valence-corrected chi connectivity index (χ2v) is 5.52. The zero-order valence-electron chi connectivity index (χ0n) is 9.77. The molecule has 1 saturated heterocycles. The lowest BCUT2D eigenvalue weighted by Crippen LogP contribution is -2.43. The minimum atomic E-state index is -0.313. The Balaban J connectivity index is 2.25. The molecule has 4 heteroatoms. The van der Waals surface area contributed by atoms with Crippen LogP contribution in [-0.2, 0) is 0 Å². The van der Waals surface area contributed by atoms with E-state index in [0.717, 1.165) is 29.4 Å². The van der Waals surface area contributed by atoms with E-state index >= 15 is 0 Å². The third-order valence-electron chi connectivity index (χ3n) is 3.38. The summed E-state index contributed by atoms with van der Waals surface area (Å²) in [7, 11) is 0. The van der Waals surface area contributed by atoms with Crippen LogP contribution in [0.1, 0.15) is 23.7 Å². The Hall–Kier alpha value is -0.870. The van der Waals surface area contributed by atoms with Crippen LogP contribution in [0.4, 0.5) is 5.69 Å². The van der Waals surface area contributed by atoms with Gasteiger partial charge in [0.1, 0.15) is 0 Å². The molecule has 17 heavy (non-hydrogen) atoms. The molecule has 2 rings (SSSR count). The van der Waals surface area contributed by atoms with Crippen LogP contribution in [0.3, 0.4) is 0 Å². The molecule has 0 aromatic heterocycles. The number of aliphatic hydroxyl groups excluding tert-OH is 1. The summed E-state index contributed by atoms with van der Waals surface area (Å²) >= 11 is 3.36. The highest BCUT2D eigenvalue weighted by Crippen LogP contribution is 2.27. The molecule has 2 atom stereocenters. The van der Waals surface area contributed by atoms with Crippen LogP contribution in [0.2, 0.25) is 0 Å². The van der Waals surface area contributed by atoms with Crippen LogP contribution < -0.4 is 4.90 Å². The molecule has 1 heterocycles. The van der Waals surface area contributed by atoms with E-state index in [1.54, 1.807) is 0 Å². The Morgan fingerprint density at radius 2 is 2.29 bits per heavy atom. The lowest BCUT2D eigenvalue weighted by molar-refractivity contribution is 0.102. The first kappa shape index (κ1) is 12.6. The SMILES string of the molecule is CC1CCN(c2ccc(Br)cc2C=O)CC1O. The fourth-order valence-electron chi connectivity index (χ4n) is 2.18. The molecule has 0 saturated carbocycles. The van der Waals surface area contributed by atoms with Gasteiger partial charge in [0.05, 0.1) is 6.10 Å². The molecular formula is C13H16BrNO2. The van der Waals surface area contributed by atoms with Crippen molar-refractivity contribution in [3.63, 3.8) is 0 Å². The summed E-state index contributed by atoms with van der Waals surface area (Å²) in [5.74, 6) is 0.335. The Kier molecular flexibility index (Phi) is 3.84. The number of nitrogens with zero attached hydrogens (tertiary/aromatic N) is 1. The predicted octanol–water partition coefficient (Wildman–Crippen LogP) is 2.47. The van der Waals surface area contributed by atoms with Gasteiger partial charge in [0.2, 0.25) is 0 Å². The van der Waals surface area contributed by atoms with Gasteiger partial charge in [-0.15, -0.1) is 0 Å². The van der Waals surface area contributed by atoms with Crippen molar-refractivity contribution >= 4 is 27.9 Å². The summed E-state index contributed by atoms with van der Waals surface area (Å²) in [6.07, 6.45) is 1.51. The summed E-state index contributed by atoms with van der Waals surface area (Å²) in [5, 5.41) is 9.89. The summed E-state index contributed by atoms with van der Waals surface area (Å²) in [4.78, 5) is 13.1. The number of benzene rings is 1. The number of halogens is 1. The van der Waals surface area contributed by atoms with Crippen LogP contribution in [0.25, 0.3) is 0 Å². The average molecular weight is 298 g/mol. The van der Waals surface area contributed by atoms with Crippen LogP contribution in [-0.4, -0.2) is 30.6 Å². The first-order valence-electron chi connectivity index (χ1n) is 5.79. The third-order valence-corrected chi connectivity index (χ3v) is 3.87. The zero-order chi connectivity index (χ0) is 12.4. The maximum atomic E-state index is 11.1. The second kappa shape index (κ2) is 5.19. The van der Waals surface area contributed by atoms with Gasteiger partial charge in [0, 0.05) is 28.8 Å². The Bertz CT molecular complexity index is 422. The van der Waals surface area contributed by atoms with Gasteiger partial charge in [-0.1, -0.05) is 22.9 Å². The molecule has 0 radical (unpaired) electrons. The number of carbonyl (C=O) groups is 1. The first-order chi connectivity index (χ1) is 8.11. The third kappa shape index (κ3) is 2.69. The summed E-state index contributed by atoms with van der Waals surface area (Å²) < 4.78 is 0.897. The Morgan fingerprint density at radius 3 is 2.94 bits per heavy atom. The van der Waals surface area contributed by atoms with Crippen LogP contribution >= 0.6 is 15.9 Å². The lowest BCUT2D eigenvalue weighted by Gasteiger charge is -2.36. The van der Waals surface area contributed by atoms with E-state index in [1.807, 2.05) is 18.2 Å². The van der Waals surface area contributed by atoms with E-state index in [0.29, 0.717) is 18.0 Å². The fraction of sp³-hybridized carbons (Fsp3) is 0.462. The van der Waals surface area contributed by atoms with Gasteiger partial charge < -0.3 is 10.0 Å². The van der Waals surface area contributed by atoms with Gasteiger partial charge in [0.25, 0.3) is 0 Å². The standard InChI is InChI=1S/C13H16BrNO2/c1-9-4-5-15(7-13(9)17)12-3-2-11(14)6-10(12)8-16/h2-3,6,8-9,13,17H,4-5,7H2,1H3. The summed E-state index contributed by atoms with van der Waals surface area (Å²) in [5.41, 5.74) is 1.58. The average Bonchev–Trinajstić information content (AvgIpc) is 2.32. The number of aliphatic hydroxyl groups is 1. The molecule has 1 N–H and O–H groups in total. The molecule has 1 aromatic carbocycles. The number of anilines is 1. The number of carbonyl (C=O) groups excluding carboxylic acids is 1. The van der Waals surface area contributed by atoms with E-state index < -0.39 is 0 Å². The van der Waals surface area contributed by atoms with Gasteiger partial charge in [0.15, 0.2) is 6.29 Å². The van der Waals surface area contributed by atoms with Gasteiger partial charge in [-0.3, -0.25) is 4.79 Å². The van der Waals surface area contributed by atoms with Crippen LogP contribution in [0, 0.1) is 5.92 Å². The van der Waals surface area contributed by atoms with Crippen molar-refractivity contribution in [2.24, 2.45) is 5.92 Å². The minimum Gasteiger partial charge on any atom is -0.391 e. The largest absolute Gasteiger partial charge is 0.391 e. The lowest BCUT2D eigenvalue weighted by atomic mass is 9.95. The number of aldehydes is 1. The smallest absolute Gasteiger partial charge is 0.152 e. The first-order valence-corrected chi connectivity index (χ1v) is 6.59. The van der Waals surface area contributed by atoms with Gasteiger partial charge >= 0.3 is 0 Å². The predicted molar refractivity (Wildman–Crippen MR) is 71.5 cm³/mol. The van der Waals surface area contributed by atoms with Crippen molar-refractivity contribution in [1.29, 1.82) is 0 Å². The van der Waals surface area contributed by atoms with Crippen molar-refractivity contribution in [3.8, 4) is 0 Å². The van der Waals surface area contributed by atoms with E-state index in [9.17, 15) is 9.90 Å². The van der Waals surface area contributed by atoms with Crippen molar-refractivity contribution in [3.05, 3.63) is 28.2 Å². The highest BCUT2D eigenvalue weighted by atomic mass is 79.9. The quantitative estimate of drug-likeness (QED) is 0.853. The molecule has 0 aliphatic carbocycles. The number of β-amino-alcohol motifs (C(OH)–C–C–N with tert-alkyl or cyclic N) is 1. The number of hydrogen-bond acceptors (Lipinski definition) is 3. The monoisotopic (exact) mass is 297 g/mol. The Morgan fingerprint density at radius 1 is 1.53 bits per heavy atom. The van der Waals surface area contributed by atoms with E-state index in [-0.39, 0.29) is 6.10 Å². The number of piperidine rings is 1. The van der Waals surface area contributed by atoms with Crippen molar-refractivity contribution in [2.45, 2.75) is 19.4 Å². The van der Waals surface area contributed by atoms with E-state index in [1.165, 1.54) is 0 Å². The van der Waals surface area contributed by atoms with Crippen LogP contribution in [0.15, 0.2) is 22.7 Å². The van der Waals surface area contributed by atoms with Gasteiger partial charge in [-0.2, -0.15) is 0 Å². The molecule has 1 fully saturated rings. The normalized spacial score (nSPS) is 24.8. The van der Waals surface area contributed by atoms with Crippen LogP contribution in [0.5, 0.6) is 0 Å². The number of hydrogen-bond donors (Lipinski definition) is 1. The molecule has 1 aliphatic rings. The molecule has 0 bridgehead atoms. The van der Waals surface area contributed by atoms with Gasteiger partial charge in [-0.25, -0.2) is 0 Å². The molecular weight excluding hydrogens is 282 g/mol. The molecule has 1 aliphatic heterocycles. The Labute approximate surface area is 110 Å². The summed E-state index contributed by atoms with van der Waals surface area (Å²) in [6, 6.07) is 5.66. The zero-order valence-corrected chi connectivity index (χ0v) is 11.4. The molecule has 0 spiro atoms. The van der Waals surface area contributed by atoms with E-state index in [4.69, 9.17) is 0 Å². The number of rotatable bonds is 2. The van der Waals surface area contributed by atoms with Crippen molar-refractivity contribution in [2.75, 3.05) is 18.0 Å². The fourth-order valence-corrected chi connectivity index (χ4v) is 2.55. The molecule has 2 unspecified atom stereocenters. The highest BCUT2D eigenvalue weighted by Gasteiger charge is 2.25.